The molecule has 32 heavy (non-hydrogen) atoms. The van der Waals surface area contributed by atoms with Crippen LogP contribution in [-0.4, -0.2) is 57.0 Å². The van der Waals surface area contributed by atoms with Gasteiger partial charge in [0.1, 0.15) is 29.0 Å². The lowest BCUT2D eigenvalue weighted by Gasteiger charge is -2.37. The summed E-state index contributed by atoms with van der Waals surface area (Å²) in [6, 6.07) is 10.6. The van der Waals surface area contributed by atoms with Crippen molar-refractivity contribution in [2.75, 3.05) is 25.0 Å². The largest absolute Gasteiger partial charge is 0.506 e. The number of amides is 1. The third-order valence-corrected chi connectivity index (χ3v) is 5.94. The van der Waals surface area contributed by atoms with Gasteiger partial charge in [-0.1, -0.05) is 6.07 Å². The van der Waals surface area contributed by atoms with Crippen molar-refractivity contribution >= 4 is 22.6 Å². The molecule has 0 bridgehead atoms. The van der Waals surface area contributed by atoms with Gasteiger partial charge in [0.25, 0.3) is 5.56 Å². The Morgan fingerprint density at radius 2 is 2.09 bits per heavy atom. The number of para-hydroxylation sites is 1. The van der Waals surface area contributed by atoms with E-state index < -0.39 is 0 Å². The fourth-order valence-corrected chi connectivity index (χ4v) is 4.05. The number of carbonyl (C=O) groups is 1. The van der Waals surface area contributed by atoms with Gasteiger partial charge in [0, 0.05) is 45.2 Å². The maximum atomic E-state index is 12.7. The number of hydrogen-bond donors (Lipinski definition) is 2. The number of aromatic nitrogens is 3. The first-order chi connectivity index (χ1) is 15.5. The molecule has 1 aromatic carbocycles. The van der Waals surface area contributed by atoms with Crippen molar-refractivity contribution in [2.24, 2.45) is 0 Å². The predicted molar refractivity (Wildman–Crippen MR) is 119 cm³/mol. The van der Waals surface area contributed by atoms with Crippen LogP contribution in [0, 0.1) is 11.3 Å². The standard InChI is InChI=1S/C23H24N6O3/c1-28(20-7-5-15(13-24)14-25-20)16-9-11-29(12-10-16)21(31)8-6-19-26-22-17(23(32)27-19)3-2-4-18(22)30/h2-5,7,14,16,30H,6,8-12H2,1H3,(H,26,27,32). The number of phenolic OH excluding ortho intramolecular Hbond substituents is 1. The quantitative estimate of drug-likeness (QED) is 0.631. The van der Waals surface area contributed by atoms with E-state index >= 15 is 0 Å². The number of aromatic hydroxyl groups is 1. The molecular weight excluding hydrogens is 408 g/mol. The summed E-state index contributed by atoms with van der Waals surface area (Å²) < 4.78 is 0. The minimum Gasteiger partial charge on any atom is -0.506 e. The number of fused-ring (bicyclic) bond motifs is 1. The first kappa shape index (κ1) is 21.3. The number of phenols is 1. The van der Waals surface area contributed by atoms with Crippen molar-refractivity contribution in [3.8, 4) is 11.8 Å². The Balaban J connectivity index is 1.33. The van der Waals surface area contributed by atoms with Crippen LogP contribution in [0.2, 0.25) is 0 Å². The summed E-state index contributed by atoms with van der Waals surface area (Å²) >= 11 is 0. The zero-order valence-corrected chi connectivity index (χ0v) is 17.8. The summed E-state index contributed by atoms with van der Waals surface area (Å²) in [4.78, 5) is 40.2. The molecule has 4 rings (SSSR count). The van der Waals surface area contributed by atoms with E-state index in [1.807, 2.05) is 18.0 Å². The molecule has 2 N–H and O–H groups in total. The monoisotopic (exact) mass is 432 g/mol. The van der Waals surface area contributed by atoms with Crippen LogP contribution < -0.4 is 10.5 Å². The molecule has 0 atom stereocenters. The van der Waals surface area contributed by atoms with Crippen LogP contribution in [0.4, 0.5) is 5.82 Å². The Bertz CT molecular complexity index is 1220. The first-order valence-electron chi connectivity index (χ1n) is 10.5. The highest BCUT2D eigenvalue weighted by molar-refractivity contribution is 5.83. The Labute approximate surface area is 185 Å². The van der Waals surface area contributed by atoms with Gasteiger partial charge < -0.3 is 19.9 Å². The number of rotatable bonds is 5. The van der Waals surface area contributed by atoms with Gasteiger partial charge in [-0.2, -0.15) is 5.26 Å². The van der Waals surface area contributed by atoms with Crippen molar-refractivity contribution < 1.29 is 9.90 Å². The van der Waals surface area contributed by atoms with Gasteiger partial charge >= 0.3 is 0 Å². The molecule has 2 aromatic heterocycles. The molecule has 1 fully saturated rings. The number of benzene rings is 1. The highest BCUT2D eigenvalue weighted by Gasteiger charge is 2.26. The number of anilines is 1. The van der Waals surface area contributed by atoms with Crippen LogP contribution in [0.1, 0.15) is 30.7 Å². The normalized spacial score (nSPS) is 14.3. The van der Waals surface area contributed by atoms with Crippen molar-refractivity contribution in [1.29, 1.82) is 5.26 Å². The number of nitrogens with zero attached hydrogens (tertiary/aromatic N) is 5. The molecule has 0 aliphatic carbocycles. The number of H-pyrrole nitrogens is 1. The van der Waals surface area contributed by atoms with E-state index in [-0.39, 0.29) is 35.2 Å². The van der Waals surface area contributed by atoms with E-state index in [1.165, 1.54) is 6.07 Å². The molecule has 3 heterocycles. The molecule has 1 aliphatic rings. The second kappa shape index (κ2) is 9.06. The number of pyridine rings is 1. The second-order valence-electron chi connectivity index (χ2n) is 7.93. The maximum Gasteiger partial charge on any atom is 0.258 e. The third kappa shape index (κ3) is 4.39. The smallest absolute Gasteiger partial charge is 0.258 e. The molecule has 0 spiro atoms. The van der Waals surface area contributed by atoms with Crippen molar-refractivity contribution in [3.63, 3.8) is 0 Å². The first-order valence-corrected chi connectivity index (χ1v) is 10.5. The number of aryl methyl sites for hydroxylation is 1. The van der Waals surface area contributed by atoms with Gasteiger partial charge in [-0.25, -0.2) is 9.97 Å². The SMILES string of the molecule is CN(c1ccc(C#N)cn1)C1CCN(C(=O)CCc2nc3c(O)cccc3c(=O)[nH]2)CC1. The number of likely N-dealkylation sites (tertiary alicyclic amines) is 1. The zero-order chi connectivity index (χ0) is 22.7. The van der Waals surface area contributed by atoms with E-state index in [4.69, 9.17) is 5.26 Å². The molecular formula is C23H24N6O3. The van der Waals surface area contributed by atoms with E-state index in [0.717, 1.165) is 18.7 Å². The molecule has 0 radical (unpaired) electrons. The van der Waals surface area contributed by atoms with Crippen molar-refractivity contribution in [2.45, 2.75) is 31.7 Å². The lowest BCUT2D eigenvalue weighted by molar-refractivity contribution is -0.132. The lowest BCUT2D eigenvalue weighted by Crippen LogP contribution is -2.46. The fraction of sp³-hybridized carbons (Fsp3) is 0.348. The van der Waals surface area contributed by atoms with E-state index in [2.05, 4.69) is 25.9 Å². The number of hydrogen-bond acceptors (Lipinski definition) is 7. The molecule has 1 aliphatic heterocycles. The average Bonchev–Trinajstić information content (AvgIpc) is 2.83. The zero-order valence-electron chi connectivity index (χ0n) is 17.8. The van der Waals surface area contributed by atoms with Gasteiger partial charge in [-0.15, -0.1) is 0 Å². The van der Waals surface area contributed by atoms with Gasteiger partial charge in [0.2, 0.25) is 5.91 Å². The van der Waals surface area contributed by atoms with Crippen LogP contribution in [0.5, 0.6) is 5.75 Å². The summed E-state index contributed by atoms with van der Waals surface area (Å²) in [7, 11) is 1.98. The molecule has 1 saturated heterocycles. The lowest BCUT2D eigenvalue weighted by atomic mass is 10.0. The van der Waals surface area contributed by atoms with E-state index in [9.17, 15) is 14.7 Å². The van der Waals surface area contributed by atoms with Gasteiger partial charge in [0.15, 0.2) is 0 Å². The summed E-state index contributed by atoms with van der Waals surface area (Å²) in [6.45, 7) is 1.29. The van der Waals surface area contributed by atoms with Crippen LogP contribution in [-0.2, 0) is 11.2 Å². The van der Waals surface area contributed by atoms with Gasteiger partial charge in [-0.05, 0) is 37.1 Å². The molecule has 164 valence electrons. The molecule has 0 saturated carbocycles. The van der Waals surface area contributed by atoms with Crippen LogP contribution >= 0.6 is 0 Å². The molecule has 1 amide bonds. The number of piperidine rings is 1. The van der Waals surface area contributed by atoms with Crippen LogP contribution in [0.15, 0.2) is 41.3 Å². The molecule has 9 heteroatoms. The third-order valence-electron chi connectivity index (χ3n) is 5.94. The minimum absolute atomic E-state index is 0.0163. The Kier molecular flexibility index (Phi) is 6.03. The fourth-order valence-electron chi connectivity index (χ4n) is 4.05. The van der Waals surface area contributed by atoms with Gasteiger partial charge in [-0.3, -0.25) is 9.59 Å². The number of nitrogens with one attached hydrogen (secondary N) is 1. The number of carbonyl (C=O) groups excluding carboxylic acids is 1. The highest BCUT2D eigenvalue weighted by Crippen LogP contribution is 2.22. The second-order valence-corrected chi connectivity index (χ2v) is 7.93. The predicted octanol–water partition coefficient (Wildman–Crippen LogP) is 1.96. The number of aromatic amines is 1. The summed E-state index contributed by atoms with van der Waals surface area (Å²) in [5.41, 5.74) is 0.451. The summed E-state index contributed by atoms with van der Waals surface area (Å²) in [5.74, 6) is 1.16. The maximum absolute atomic E-state index is 12.7. The minimum atomic E-state index is -0.325. The molecule has 0 unspecified atom stereocenters. The molecule has 3 aromatic rings. The summed E-state index contributed by atoms with van der Waals surface area (Å²) in [6.07, 6.45) is 3.74. The topological polar surface area (TPSA) is 126 Å². The van der Waals surface area contributed by atoms with Crippen molar-refractivity contribution in [1.82, 2.24) is 19.9 Å². The van der Waals surface area contributed by atoms with E-state index in [1.54, 1.807) is 24.4 Å². The average molecular weight is 432 g/mol. The number of nitriles is 1. The summed E-state index contributed by atoms with van der Waals surface area (Å²) in [5, 5.41) is 19.2. The highest BCUT2D eigenvalue weighted by atomic mass is 16.3. The Morgan fingerprint density at radius 1 is 1.31 bits per heavy atom. The van der Waals surface area contributed by atoms with Crippen LogP contribution in [0.25, 0.3) is 10.9 Å². The Hall–Kier alpha value is -3.93. The Morgan fingerprint density at radius 3 is 2.78 bits per heavy atom. The van der Waals surface area contributed by atoms with E-state index in [0.29, 0.717) is 36.3 Å². The molecule has 9 nitrogen and oxygen atoms in total. The van der Waals surface area contributed by atoms with Crippen molar-refractivity contribution in [3.05, 3.63) is 58.3 Å². The van der Waals surface area contributed by atoms with Gasteiger partial charge in [0.05, 0.1) is 10.9 Å². The van der Waals surface area contributed by atoms with Crippen LogP contribution in [0.3, 0.4) is 0 Å².